The zero-order valence-electron chi connectivity index (χ0n) is 12.1. The van der Waals surface area contributed by atoms with Gasteiger partial charge in [0.05, 0.1) is 19.4 Å². The molecule has 0 saturated heterocycles. The van der Waals surface area contributed by atoms with Crippen LogP contribution < -0.4 is 5.32 Å². The van der Waals surface area contributed by atoms with Gasteiger partial charge in [-0.15, -0.1) is 0 Å². The second-order valence-corrected chi connectivity index (χ2v) is 6.75. The minimum absolute atomic E-state index is 0.00352. The van der Waals surface area contributed by atoms with E-state index in [1.165, 1.54) is 25.5 Å². The highest BCUT2D eigenvalue weighted by molar-refractivity contribution is 7.89. The second kappa shape index (κ2) is 6.87. The molecular weight excluding hydrogens is 284 g/mol. The predicted octanol–water partition coefficient (Wildman–Crippen LogP) is 0.356. The molecule has 0 amide bonds. The third kappa shape index (κ3) is 4.32. The molecule has 0 aromatic carbocycles. The van der Waals surface area contributed by atoms with Gasteiger partial charge < -0.3 is 14.5 Å². The largest absolute Gasteiger partial charge is 0.465 e. The second-order valence-electron chi connectivity index (χ2n) is 4.45. The Labute approximate surface area is 118 Å². The van der Waals surface area contributed by atoms with Crippen molar-refractivity contribution < 1.29 is 22.4 Å². The Morgan fingerprint density at radius 1 is 1.45 bits per heavy atom. The number of methoxy groups -OCH3 is 1. The summed E-state index contributed by atoms with van der Waals surface area (Å²) in [7, 11) is 1.09. The number of sulfonamides is 1. The molecule has 114 valence electrons. The van der Waals surface area contributed by atoms with Gasteiger partial charge in [-0.2, -0.15) is 0 Å². The number of hydrogen-bond donors (Lipinski definition) is 1. The van der Waals surface area contributed by atoms with Gasteiger partial charge >= 0.3 is 5.97 Å². The zero-order valence-corrected chi connectivity index (χ0v) is 12.9. The Morgan fingerprint density at radius 3 is 2.65 bits per heavy atom. The molecule has 20 heavy (non-hydrogen) atoms. The quantitative estimate of drug-likeness (QED) is 0.578. The molecule has 1 heterocycles. The van der Waals surface area contributed by atoms with Gasteiger partial charge in [0, 0.05) is 20.6 Å². The molecule has 0 fully saturated rings. The van der Waals surface area contributed by atoms with E-state index in [-0.39, 0.29) is 5.75 Å². The van der Waals surface area contributed by atoms with E-state index in [0.717, 1.165) is 0 Å². The lowest BCUT2D eigenvalue weighted by Gasteiger charge is -2.10. The first-order valence-electron chi connectivity index (χ1n) is 6.06. The summed E-state index contributed by atoms with van der Waals surface area (Å²) in [6.45, 7) is 2.32. The number of furan rings is 1. The molecule has 1 aromatic rings. The summed E-state index contributed by atoms with van der Waals surface area (Å²) >= 11 is 0. The highest BCUT2D eigenvalue weighted by Crippen LogP contribution is 2.15. The van der Waals surface area contributed by atoms with Crippen LogP contribution in [0.15, 0.2) is 10.5 Å². The molecule has 1 rings (SSSR count). The summed E-state index contributed by atoms with van der Waals surface area (Å²) in [5.41, 5.74) is 0.380. The average molecular weight is 304 g/mol. The van der Waals surface area contributed by atoms with E-state index < -0.39 is 16.0 Å². The minimum atomic E-state index is -3.21. The highest BCUT2D eigenvalue weighted by Gasteiger charge is 2.16. The van der Waals surface area contributed by atoms with E-state index in [2.05, 4.69) is 10.1 Å². The lowest BCUT2D eigenvalue weighted by molar-refractivity contribution is 0.0599. The molecule has 8 heteroatoms. The van der Waals surface area contributed by atoms with Gasteiger partial charge in [-0.05, 0) is 13.0 Å². The molecule has 0 saturated carbocycles. The molecule has 0 spiro atoms. The first kappa shape index (κ1) is 16.7. The number of hydrogen-bond acceptors (Lipinski definition) is 6. The van der Waals surface area contributed by atoms with Gasteiger partial charge in [0.1, 0.15) is 17.1 Å². The van der Waals surface area contributed by atoms with Gasteiger partial charge in [-0.25, -0.2) is 17.5 Å². The van der Waals surface area contributed by atoms with E-state index in [4.69, 9.17) is 4.42 Å². The molecular formula is C12H20N2O5S. The molecule has 0 aliphatic carbocycles. The number of carbonyl (C=O) groups is 1. The van der Waals surface area contributed by atoms with Gasteiger partial charge in [0.15, 0.2) is 0 Å². The summed E-state index contributed by atoms with van der Waals surface area (Å²) in [5, 5.41) is 2.96. The van der Waals surface area contributed by atoms with Crippen molar-refractivity contribution in [3.8, 4) is 0 Å². The van der Waals surface area contributed by atoms with Crippen molar-refractivity contribution >= 4 is 16.0 Å². The maximum absolute atomic E-state index is 11.5. The van der Waals surface area contributed by atoms with Gasteiger partial charge in [-0.1, -0.05) is 0 Å². The molecule has 0 atom stereocenters. The number of aryl methyl sites for hydroxylation is 1. The average Bonchev–Trinajstić information content (AvgIpc) is 2.75. The van der Waals surface area contributed by atoms with Gasteiger partial charge in [-0.3, -0.25) is 0 Å². The fourth-order valence-electron chi connectivity index (χ4n) is 1.54. The topological polar surface area (TPSA) is 88.8 Å². The number of ether oxygens (including phenoxy) is 1. The van der Waals surface area contributed by atoms with Crippen LogP contribution in [0.4, 0.5) is 0 Å². The van der Waals surface area contributed by atoms with E-state index in [0.29, 0.717) is 30.2 Å². The molecule has 0 unspecified atom stereocenters. The summed E-state index contributed by atoms with van der Waals surface area (Å²) < 4.78 is 34.3. The van der Waals surface area contributed by atoms with Crippen molar-refractivity contribution in [1.82, 2.24) is 9.62 Å². The fourth-order valence-corrected chi connectivity index (χ4v) is 2.31. The Kier molecular flexibility index (Phi) is 5.73. The van der Waals surface area contributed by atoms with Gasteiger partial charge in [0.2, 0.25) is 10.0 Å². The molecule has 1 aromatic heterocycles. The Bertz CT molecular complexity index is 562. The lowest BCUT2D eigenvalue weighted by Crippen LogP contribution is -2.30. The van der Waals surface area contributed by atoms with Crippen molar-refractivity contribution in [2.24, 2.45) is 0 Å². The lowest BCUT2D eigenvalue weighted by atomic mass is 10.2. The highest BCUT2D eigenvalue weighted by atomic mass is 32.2. The maximum Gasteiger partial charge on any atom is 0.341 e. The normalized spacial score (nSPS) is 11.8. The van der Waals surface area contributed by atoms with Crippen LogP contribution in [0.3, 0.4) is 0 Å². The Hall–Kier alpha value is -1.38. The fraction of sp³-hybridized carbons (Fsp3) is 0.583. The van der Waals surface area contributed by atoms with Crippen molar-refractivity contribution in [2.75, 3.05) is 33.5 Å². The summed E-state index contributed by atoms with van der Waals surface area (Å²) in [6.07, 6.45) is 0. The van der Waals surface area contributed by atoms with Crippen LogP contribution in [-0.4, -0.2) is 52.2 Å². The Morgan fingerprint density at radius 2 is 2.10 bits per heavy atom. The van der Waals surface area contributed by atoms with Crippen molar-refractivity contribution in [3.05, 3.63) is 23.2 Å². The molecule has 0 aliphatic heterocycles. The smallest absolute Gasteiger partial charge is 0.341 e. The first-order valence-corrected chi connectivity index (χ1v) is 7.67. The number of rotatable bonds is 7. The number of nitrogens with one attached hydrogen (secondary N) is 1. The van der Waals surface area contributed by atoms with E-state index in [9.17, 15) is 13.2 Å². The van der Waals surface area contributed by atoms with Crippen LogP contribution in [0, 0.1) is 6.92 Å². The van der Waals surface area contributed by atoms with Crippen LogP contribution >= 0.6 is 0 Å². The molecule has 0 radical (unpaired) electrons. The van der Waals surface area contributed by atoms with Crippen LogP contribution in [0.1, 0.15) is 21.9 Å². The van der Waals surface area contributed by atoms with E-state index in [1.807, 2.05) is 0 Å². The summed E-state index contributed by atoms with van der Waals surface area (Å²) in [4.78, 5) is 11.4. The van der Waals surface area contributed by atoms with Crippen LogP contribution in [-0.2, 0) is 21.3 Å². The van der Waals surface area contributed by atoms with Gasteiger partial charge in [0.25, 0.3) is 0 Å². The summed E-state index contributed by atoms with van der Waals surface area (Å²) in [6, 6.07) is 1.59. The van der Waals surface area contributed by atoms with E-state index in [1.54, 1.807) is 13.0 Å². The predicted molar refractivity (Wildman–Crippen MR) is 74.0 cm³/mol. The van der Waals surface area contributed by atoms with Crippen molar-refractivity contribution in [1.29, 1.82) is 0 Å². The monoisotopic (exact) mass is 304 g/mol. The first-order chi connectivity index (χ1) is 9.27. The zero-order chi connectivity index (χ0) is 15.3. The third-order valence-electron chi connectivity index (χ3n) is 2.77. The van der Waals surface area contributed by atoms with Crippen LogP contribution in [0.2, 0.25) is 0 Å². The SMILES string of the molecule is COC(=O)c1cc(CNCCS(=O)(=O)N(C)C)oc1C. The number of esters is 1. The van der Waals surface area contributed by atoms with Crippen molar-refractivity contribution in [3.63, 3.8) is 0 Å². The molecule has 0 aliphatic rings. The standard InChI is InChI=1S/C12H20N2O5S/c1-9-11(12(15)18-4)7-10(19-9)8-13-5-6-20(16,17)14(2)3/h7,13H,5-6,8H2,1-4H3. The number of nitrogens with zero attached hydrogens (tertiary/aromatic N) is 1. The third-order valence-corrected chi connectivity index (χ3v) is 4.60. The minimum Gasteiger partial charge on any atom is -0.465 e. The Balaban J connectivity index is 2.50. The summed E-state index contributed by atoms with van der Waals surface area (Å²) in [5.74, 6) is 0.594. The van der Waals surface area contributed by atoms with Crippen LogP contribution in [0.5, 0.6) is 0 Å². The van der Waals surface area contributed by atoms with E-state index >= 15 is 0 Å². The molecule has 7 nitrogen and oxygen atoms in total. The van der Waals surface area contributed by atoms with Crippen molar-refractivity contribution in [2.45, 2.75) is 13.5 Å². The number of carbonyl (C=O) groups excluding carboxylic acids is 1. The molecule has 0 bridgehead atoms. The van der Waals surface area contributed by atoms with Crippen LogP contribution in [0.25, 0.3) is 0 Å². The maximum atomic E-state index is 11.5. The molecule has 1 N–H and O–H groups in total.